The Morgan fingerprint density at radius 2 is 2.22 bits per heavy atom. The van der Waals surface area contributed by atoms with Gasteiger partial charge >= 0.3 is 0 Å². The molecule has 94 valence electrons. The van der Waals surface area contributed by atoms with Crippen LogP contribution in [0.15, 0.2) is 36.5 Å². The van der Waals surface area contributed by atoms with E-state index in [1.807, 2.05) is 30.3 Å². The second-order valence-corrected chi connectivity index (χ2v) is 5.03. The molecule has 3 rings (SSSR count). The van der Waals surface area contributed by atoms with Crippen LogP contribution in [0.3, 0.4) is 0 Å². The number of hydrogen-bond acceptors (Lipinski definition) is 3. The van der Waals surface area contributed by atoms with Crippen molar-refractivity contribution >= 4 is 22.5 Å². The summed E-state index contributed by atoms with van der Waals surface area (Å²) >= 11 is 6.05. The summed E-state index contributed by atoms with van der Waals surface area (Å²) in [5.74, 6) is 0.816. The molecule has 18 heavy (non-hydrogen) atoms. The first kappa shape index (κ1) is 11.8. The minimum absolute atomic E-state index is 0.0221. The molecule has 1 heterocycles. The number of ether oxygens (including phenoxy) is 2. The predicted molar refractivity (Wildman–Crippen MR) is 71.2 cm³/mol. The summed E-state index contributed by atoms with van der Waals surface area (Å²) in [6.07, 6.45) is 2.62. The fourth-order valence-electron chi connectivity index (χ4n) is 2.24. The number of methoxy groups -OCH3 is 1. The Morgan fingerprint density at radius 1 is 1.33 bits per heavy atom. The average Bonchev–Trinajstić information content (AvgIpc) is 2.38. The van der Waals surface area contributed by atoms with Gasteiger partial charge in [-0.2, -0.15) is 0 Å². The van der Waals surface area contributed by atoms with Crippen LogP contribution < -0.4 is 4.74 Å². The highest BCUT2D eigenvalue weighted by Crippen LogP contribution is 2.33. The van der Waals surface area contributed by atoms with E-state index >= 15 is 0 Å². The predicted octanol–water partition coefficient (Wildman–Crippen LogP) is 3.01. The smallest absolute Gasteiger partial charge is 0.128 e. The van der Waals surface area contributed by atoms with Gasteiger partial charge in [-0.1, -0.05) is 6.07 Å². The summed E-state index contributed by atoms with van der Waals surface area (Å²) in [6.45, 7) is 0. The van der Waals surface area contributed by atoms with Gasteiger partial charge in [-0.15, -0.1) is 11.6 Å². The third-order valence-corrected chi connectivity index (χ3v) is 3.74. The Balaban J connectivity index is 1.79. The quantitative estimate of drug-likeness (QED) is 0.798. The number of benzene rings is 1. The molecule has 3 unspecified atom stereocenters. The van der Waals surface area contributed by atoms with E-state index in [4.69, 9.17) is 21.1 Å². The fourth-order valence-corrected chi connectivity index (χ4v) is 2.68. The minimum Gasteiger partial charge on any atom is -0.488 e. The van der Waals surface area contributed by atoms with E-state index in [0.717, 1.165) is 23.1 Å². The van der Waals surface area contributed by atoms with Gasteiger partial charge in [0.1, 0.15) is 18.0 Å². The monoisotopic (exact) mass is 263 g/mol. The van der Waals surface area contributed by atoms with Crippen LogP contribution in [0.4, 0.5) is 0 Å². The summed E-state index contributed by atoms with van der Waals surface area (Å²) in [4.78, 5) is 4.31. The molecule has 3 nitrogen and oxygen atoms in total. The minimum atomic E-state index is -0.0221. The van der Waals surface area contributed by atoms with Crippen molar-refractivity contribution in [2.24, 2.45) is 0 Å². The Morgan fingerprint density at radius 3 is 3.00 bits per heavy atom. The molecule has 0 amide bonds. The Labute approximate surface area is 111 Å². The van der Waals surface area contributed by atoms with Gasteiger partial charge in [0.25, 0.3) is 0 Å². The van der Waals surface area contributed by atoms with Crippen LogP contribution in [0.25, 0.3) is 10.9 Å². The number of aromatic nitrogens is 1. The van der Waals surface area contributed by atoms with Crippen molar-refractivity contribution in [2.75, 3.05) is 7.11 Å². The first-order valence-corrected chi connectivity index (χ1v) is 6.40. The number of fused-ring (bicyclic) bond motifs is 1. The second kappa shape index (κ2) is 4.75. The largest absolute Gasteiger partial charge is 0.488 e. The van der Waals surface area contributed by atoms with Gasteiger partial charge in [0, 0.05) is 31.2 Å². The van der Waals surface area contributed by atoms with Gasteiger partial charge in [-0.05, 0) is 18.2 Å². The highest BCUT2D eigenvalue weighted by atomic mass is 35.5. The van der Waals surface area contributed by atoms with Crippen molar-refractivity contribution in [3.8, 4) is 5.75 Å². The van der Waals surface area contributed by atoms with Crippen LogP contribution in [0.2, 0.25) is 0 Å². The van der Waals surface area contributed by atoms with E-state index in [9.17, 15) is 0 Å². The van der Waals surface area contributed by atoms with Gasteiger partial charge in [-0.25, -0.2) is 0 Å². The van der Waals surface area contributed by atoms with Gasteiger partial charge < -0.3 is 9.47 Å². The maximum Gasteiger partial charge on any atom is 0.128 e. The summed E-state index contributed by atoms with van der Waals surface area (Å²) in [7, 11) is 1.66. The molecule has 1 aromatic carbocycles. The molecule has 0 radical (unpaired) electrons. The fraction of sp³-hybridized carbons (Fsp3) is 0.357. The Hall–Kier alpha value is -1.32. The summed E-state index contributed by atoms with van der Waals surface area (Å²) < 4.78 is 11.2. The molecule has 0 aliphatic heterocycles. The van der Waals surface area contributed by atoms with Crippen LogP contribution in [-0.2, 0) is 4.74 Å². The zero-order valence-corrected chi connectivity index (χ0v) is 10.8. The average molecular weight is 264 g/mol. The lowest BCUT2D eigenvalue weighted by Crippen LogP contribution is -2.52. The van der Waals surface area contributed by atoms with Crippen LogP contribution in [0.5, 0.6) is 5.75 Å². The SMILES string of the molecule is COC1C(Cl)CC1Oc1ccc2cccnc2c1. The van der Waals surface area contributed by atoms with Crippen molar-refractivity contribution in [3.05, 3.63) is 36.5 Å². The first-order chi connectivity index (χ1) is 8.78. The highest BCUT2D eigenvalue weighted by molar-refractivity contribution is 6.21. The third-order valence-electron chi connectivity index (χ3n) is 3.32. The van der Waals surface area contributed by atoms with Crippen molar-refractivity contribution in [3.63, 3.8) is 0 Å². The third kappa shape index (κ3) is 2.04. The van der Waals surface area contributed by atoms with Crippen molar-refractivity contribution in [1.29, 1.82) is 0 Å². The van der Waals surface area contributed by atoms with Crippen LogP contribution in [-0.4, -0.2) is 29.7 Å². The van der Waals surface area contributed by atoms with Gasteiger partial charge in [-0.3, -0.25) is 4.98 Å². The van der Waals surface area contributed by atoms with E-state index in [1.165, 1.54) is 0 Å². The number of nitrogens with zero attached hydrogens (tertiary/aromatic N) is 1. The Bertz CT molecular complexity index is 560. The van der Waals surface area contributed by atoms with E-state index in [0.29, 0.717) is 0 Å². The van der Waals surface area contributed by atoms with Gasteiger partial charge in [0.05, 0.1) is 10.9 Å². The van der Waals surface area contributed by atoms with E-state index < -0.39 is 0 Å². The lowest BCUT2D eigenvalue weighted by molar-refractivity contribution is -0.0583. The maximum atomic E-state index is 6.05. The number of halogens is 1. The second-order valence-electron chi connectivity index (χ2n) is 4.47. The van der Waals surface area contributed by atoms with Crippen LogP contribution in [0, 0.1) is 0 Å². The molecule has 0 N–H and O–H groups in total. The topological polar surface area (TPSA) is 31.4 Å². The first-order valence-electron chi connectivity index (χ1n) is 5.96. The van der Waals surface area contributed by atoms with E-state index in [-0.39, 0.29) is 17.6 Å². The molecule has 1 aliphatic rings. The maximum absolute atomic E-state index is 6.05. The number of rotatable bonds is 3. The van der Waals surface area contributed by atoms with Crippen LogP contribution >= 0.6 is 11.6 Å². The van der Waals surface area contributed by atoms with Crippen molar-refractivity contribution < 1.29 is 9.47 Å². The molecular weight excluding hydrogens is 250 g/mol. The number of hydrogen-bond donors (Lipinski definition) is 0. The Kier molecular flexibility index (Phi) is 3.10. The lowest BCUT2D eigenvalue weighted by Gasteiger charge is -2.39. The molecule has 0 saturated heterocycles. The summed E-state index contributed by atoms with van der Waals surface area (Å²) in [6, 6.07) is 9.87. The molecule has 1 aromatic heterocycles. The van der Waals surface area contributed by atoms with E-state index in [2.05, 4.69) is 4.98 Å². The van der Waals surface area contributed by atoms with E-state index in [1.54, 1.807) is 13.3 Å². The molecule has 0 spiro atoms. The molecule has 1 saturated carbocycles. The molecule has 1 aliphatic carbocycles. The normalized spacial score (nSPS) is 26.9. The molecule has 3 atom stereocenters. The molecule has 4 heteroatoms. The van der Waals surface area contributed by atoms with Crippen molar-refractivity contribution in [2.45, 2.75) is 24.0 Å². The summed E-state index contributed by atoms with van der Waals surface area (Å²) in [5, 5.41) is 1.16. The highest BCUT2D eigenvalue weighted by Gasteiger charge is 2.42. The molecule has 1 fully saturated rings. The lowest BCUT2D eigenvalue weighted by atomic mass is 9.91. The summed E-state index contributed by atoms with van der Waals surface area (Å²) in [5.41, 5.74) is 0.936. The zero-order valence-electron chi connectivity index (χ0n) is 10.0. The number of alkyl halides is 1. The molecular formula is C14H14ClNO2. The zero-order chi connectivity index (χ0) is 12.5. The van der Waals surface area contributed by atoms with Gasteiger partial charge in [0.2, 0.25) is 0 Å². The molecule has 0 bridgehead atoms. The van der Waals surface area contributed by atoms with Crippen molar-refractivity contribution in [1.82, 2.24) is 4.98 Å². The van der Waals surface area contributed by atoms with Gasteiger partial charge in [0.15, 0.2) is 0 Å². The number of pyridine rings is 1. The standard InChI is InChI=1S/C14H14ClNO2/c1-17-14-11(15)8-13(14)18-10-5-4-9-3-2-6-16-12(9)7-10/h2-7,11,13-14H,8H2,1H3. The van der Waals surface area contributed by atoms with Crippen LogP contribution in [0.1, 0.15) is 6.42 Å². The molecule has 2 aromatic rings.